The number of rotatable bonds is 11. The van der Waals surface area contributed by atoms with Crippen molar-refractivity contribution < 1.29 is 32.3 Å². The molecule has 11 heteroatoms. The van der Waals surface area contributed by atoms with E-state index < -0.39 is 12.1 Å². The Morgan fingerprint density at radius 3 is 2.04 bits per heavy atom. The molecule has 2 aliphatic rings. The quantitative estimate of drug-likeness (QED) is 0.113. The maximum Gasteiger partial charge on any atom is 0.491 e. The summed E-state index contributed by atoms with van der Waals surface area (Å²) >= 11 is 3.43. The molecular formula is C42H43BrF3N3O4. The number of carbonyl (C=O) groups is 3. The minimum absolute atomic E-state index is 0.0537. The number of ether oxygens (including phenoxy) is 1. The van der Waals surface area contributed by atoms with E-state index >= 15 is 0 Å². The molecule has 2 amide bonds. The summed E-state index contributed by atoms with van der Waals surface area (Å²) in [4.78, 5) is 45.1. The summed E-state index contributed by atoms with van der Waals surface area (Å²) in [5.41, 5.74) is 5.02. The molecule has 53 heavy (non-hydrogen) atoms. The van der Waals surface area contributed by atoms with Crippen LogP contribution in [0.2, 0.25) is 0 Å². The van der Waals surface area contributed by atoms with Gasteiger partial charge >= 0.3 is 12.1 Å². The van der Waals surface area contributed by atoms with Crippen LogP contribution in [0.5, 0.6) is 5.75 Å². The summed E-state index contributed by atoms with van der Waals surface area (Å²) in [6.45, 7) is 4.53. The lowest BCUT2D eigenvalue weighted by Crippen LogP contribution is -2.48. The number of halogens is 4. The highest BCUT2D eigenvalue weighted by atomic mass is 79.9. The molecule has 0 saturated carbocycles. The van der Waals surface area contributed by atoms with E-state index in [0.717, 1.165) is 58.2 Å². The molecule has 0 aromatic heterocycles. The van der Waals surface area contributed by atoms with Crippen molar-refractivity contribution in [2.45, 2.75) is 63.7 Å². The highest BCUT2D eigenvalue weighted by molar-refractivity contribution is 9.10. The molecule has 2 fully saturated rings. The SMILES string of the molecule is O=C(Cc1ccc(Br)cc1)N(CCc1ccc(OC(=O)C(F)(F)F)cc1)Cc1ccc(-c2ccccc2C(=O)N2CCC(N3CCCCC3)CC2)cc1. The Labute approximate surface area is 316 Å². The number of benzene rings is 4. The van der Waals surface area contributed by atoms with Gasteiger partial charge in [0.25, 0.3) is 5.91 Å². The van der Waals surface area contributed by atoms with Crippen LogP contribution in [0, 0.1) is 0 Å². The second kappa shape index (κ2) is 17.6. The fraction of sp³-hybridized carbons (Fsp3) is 0.357. The molecule has 0 spiro atoms. The Hall–Kier alpha value is -4.48. The third-order valence-corrected chi connectivity index (χ3v) is 10.6. The van der Waals surface area contributed by atoms with Crippen LogP contribution in [0.25, 0.3) is 11.1 Å². The van der Waals surface area contributed by atoms with Crippen molar-refractivity contribution >= 4 is 33.7 Å². The van der Waals surface area contributed by atoms with Gasteiger partial charge in [-0.25, -0.2) is 4.79 Å². The standard InChI is InChI=1S/C42H43BrF3N3O4/c43-34-16-10-31(11-17-34)28-39(50)49(25-20-30-12-18-36(19-13-30)53-41(52)42(44,45)46)29-32-8-14-33(15-9-32)37-6-2-3-7-38(37)40(51)48-26-21-35(22-27-48)47-23-4-1-5-24-47/h2-3,6-19,35H,1,4-5,20-29H2. The minimum atomic E-state index is -5.09. The van der Waals surface area contributed by atoms with Crippen LogP contribution < -0.4 is 4.74 Å². The third-order valence-electron chi connectivity index (χ3n) is 10.1. The summed E-state index contributed by atoms with van der Waals surface area (Å²) in [5, 5.41) is 0. The van der Waals surface area contributed by atoms with Gasteiger partial charge in [-0.1, -0.05) is 89.1 Å². The van der Waals surface area contributed by atoms with Gasteiger partial charge in [0.15, 0.2) is 0 Å². The van der Waals surface area contributed by atoms with E-state index in [1.165, 1.54) is 44.5 Å². The van der Waals surface area contributed by atoms with E-state index in [-0.39, 0.29) is 24.0 Å². The van der Waals surface area contributed by atoms with E-state index in [2.05, 4.69) is 25.6 Å². The molecule has 2 saturated heterocycles. The first-order valence-corrected chi connectivity index (χ1v) is 18.9. The number of piperidine rings is 2. The third kappa shape index (κ3) is 10.4. The van der Waals surface area contributed by atoms with Crippen LogP contribution in [-0.2, 0) is 29.0 Å². The Bertz CT molecular complexity index is 1850. The smallest absolute Gasteiger partial charge is 0.420 e. The largest absolute Gasteiger partial charge is 0.491 e. The molecule has 0 N–H and O–H groups in total. The van der Waals surface area contributed by atoms with Gasteiger partial charge in [0.2, 0.25) is 5.91 Å². The normalized spacial score (nSPS) is 15.6. The van der Waals surface area contributed by atoms with E-state index in [1.807, 2.05) is 77.7 Å². The maximum absolute atomic E-state index is 13.8. The molecule has 2 aliphatic heterocycles. The summed E-state index contributed by atoms with van der Waals surface area (Å²) in [7, 11) is 0. The highest BCUT2D eigenvalue weighted by Gasteiger charge is 2.41. The second-order valence-corrected chi connectivity index (χ2v) is 14.7. The molecule has 0 bridgehead atoms. The van der Waals surface area contributed by atoms with Crippen molar-refractivity contribution in [3.63, 3.8) is 0 Å². The van der Waals surface area contributed by atoms with Crippen molar-refractivity contribution in [3.05, 3.63) is 124 Å². The van der Waals surface area contributed by atoms with Gasteiger partial charge < -0.3 is 19.4 Å². The number of hydrogen-bond donors (Lipinski definition) is 0. The first-order valence-electron chi connectivity index (χ1n) is 18.2. The van der Waals surface area contributed by atoms with Crippen molar-refractivity contribution in [2.24, 2.45) is 0 Å². The molecule has 4 aromatic rings. The van der Waals surface area contributed by atoms with Gasteiger partial charge in [0, 0.05) is 42.3 Å². The first-order chi connectivity index (χ1) is 25.5. The number of amides is 2. The average molecular weight is 791 g/mol. The Balaban J connectivity index is 1.12. The second-order valence-electron chi connectivity index (χ2n) is 13.8. The van der Waals surface area contributed by atoms with Crippen molar-refractivity contribution in [3.8, 4) is 16.9 Å². The first kappa shape index (κ1) is 38.3. The molecule has 0 atom stereocenters. The lowest BCUT2D eigenvalue weighted by Gasteiger charge is -2.40. The van der Waals surface area contributed by atoms with Gasteiger partial charge in [0.05, 0.1) is 6.42 Å². The highest BCUT2D eigenvalue weighted by Crippen LogP contribution is 2.28. The van der Waals surface area contributed by atoms with Gasteiger partial charge in [0.1, 0.15) is 5.75 Å². The van der Waals surface area contributed by atoms with Crippen LogP contribution in [0.1, 0.15) is 59.2 Å². The number of carbonyl (C=O) groups excluding carboxylic acids is 3. The van der Waals surface area contributed by atoms with Crippen LogP contribution in [-0.4, -0.2) is 77.4 Å². The van der Waals surface area contributed by atoms with E-state index in [1.54, 1.807) is 17.0 Å². The summed E-state index contributed by atoms with van der Waals surface area (Å²) in [5.74, 6) is -2.51. The Kier molecular flexibility index (Phi) is 12.7. The zero-order chi connectivity index (χ0) is 37.4. The molecule has 0 aliphatic carbocycles. The number of likely N-dealkylation sites (tertiary alicyclic amines) is 2. The molecule has 6 rings (SSSR count). The van der Waals surface area contributed by atoms with Crippen LogP contribution in [0.4, 0.5) is 13.2 Å². The van der Waals surface area contributed by atoms with Gasteiger partial charge in [-0.15, -0.1) is 0 Å². The number of hydrogen-bond acceptors (Lipinski definition) is 5. The maximum atomic E-state index is 13.8. The van der Waals surface area contributed by atoms with E-state index in [0.29, 0.717) is 31.1 Å². The summed E-state index contributed by atoms with van der Waals surface area (Å²) in [6, 6.07) is 29.6. The zero-order valence-electron chi connectivity index (χ0n) is 29.5. The number of nitrogens with zero attached hydrogens (tertiary/aromatic N) is 3. The van der Waals surface area contributed by atoms with E-state index in [9.17, 15) is 27.6 Å². The Morgan fingerprint density at radius 1 is 0.755 bits per heavy atom. The predicted molar refractivity (Wildman–Crippen MR) is 201 cm³/mol. The zero-order valence-corrected chi connectivity index (χ0v) is 31.1. The monoisotopic (exact) mass is 789 g/mol. The minimum Gasteiger partial charge on any atom is -0.420 e. The van der Waals surface area contributed by atoms with Crippen LogP contribution in [0.15, 0.2) is 102 Å². The Morgan fingerprint density at radius 2 is 1.38 bits per heavy atom. The molecule has 4 aromatic carbocycles. The lowest BCUT2D eigenvalue weighted by molar-refractivity contribution is -0.189. The number of alkyl halides is 3. The summed E-state index contributed by atoms with van der Waals surface area (Å²) in [6.07, 6.45) is 1.39. The summed E-state index contributed by atoms with van der Waals surface area (Å²) < 4.78 is 43.2. The topological polar surface area (TPSA) is 70.2 Å². The molecule has 2 heterocycles. The fourth-order valence-electron chi connectivity index (χ4n) is 7.15. The number of esters is 1. The van der Waals surface area contributed by atoms with Gasteiger partial charge in [-0.2, -0.15) is 13.2 Å². The van der Waals surface area contributed by atoms with Crippen molar-refractivity contribution in [1.82, 2.24) is 14.7 Å². The fourth-order valence-corrected chi connectivity index (χ4v) is 7.42. The van der Waals surface area contributed by atoms with Crippen LogP contribution in [0.3, 0.4) is 0 Å². The molecule has 0 unspecified atom stereocenters. The molecule has 0 radical (unpaired) electrons. The van der Waals surface area contributed by atoms with Gasteiger partial charge in [-0.05, 0) is 103 Å². The molecule has 7 nitrogen and oxygen atoms in total. The predicted octanol–water partition coefficient (Wildman–Crippen LogP) is 8.49. The van der Waals surface area contributed by atoms with E-state index in [4.69, 9.17) is 0 Å². The van der Waals surface area contributed by atoms with Crippen molar-refractivity contribution in [1.29, 1.82) is 0 Å². The van der Waals surface area contributed by atoms with Gasteiger partial charge in [-0.3, -0.25) is 9.59 Å². The molecule has 278 valence electrons. The van der Waals surface area contributed by atoms with Crippen molar-refractivity contribution in [2.75, 3.05) is 32.7 Å². The average Bonchev–Trinajstić information content (AvgIpc) is 3.18. The molecular weight excluding hydrogens is 747 g/mol. The van der Waals surface area contributed by atoms with Crippen LogP contribution >= 0.6 is 15.9 Å². The lowest BCUT2D eigenvalue weighted by atomic mass is 9.96.